The Hall–Kier alpha value is -5.30. The molecule has 48 heavy (non-hydrogen) atoms. The first-order chi connectivity index (χ1) is 22.7. The summed E-state index contributed by atoms with van der Waals surface area (Å²) in [4.78, 5) is 41.0. The number of carboxylic acid groups (broad SMARTS) is 1. The molecule has 0 saturated heterocycles. The monoisotopic (exact) mass is 685 g/mol. The third kappa shape index (κ3) is 11.2. The number of nitrogens with two attached hydrogens (primary N) is 4. The van der Waals surface area contributed by atoms with Gasteiger partial charge in [0.2, 0.25) is 5.91 Å². The summed E-state index contributed by atoms with van der Waals surface area (Å²) in [6.45, 7) is 0.424. The zero-order valence-corrected chi connectivity index (χ0v) is 26.8. The maximum absolute atomic E-state index is 12.3. The molecule has 11 N–H and O–H groups in total. The number of nitrogen functional groups attached to an aromatic ring is 2. The Labute approximate surface area is 276 Å². The molecule has 1 aliphatic rings. The van der Waals surface area contributed by atoms with Gasteiger partial charge in [-0.2, -0.15) is 13.4 Å². The lowest BCUT2D eigenvalue weighted by Crippen LogP contribution is -2.51. The van der Waals surface area contributed by atoms with Crippen molar-refractivity contribution >= 4 is 39.5 Å². The molecule has 1 aromatic heterocycles. The van der Waals surface area contributed by atoms with E-state index in [0.717, 1.165) is 10.1 Å². The summed E-state index contributed by atoms with van der Waals surface area (Å²) in [5, 5.41) is 19.4. The van der Waals surface area contributed by atoms with E-state index in [4.69, 9.17) is 37.3 Å². The molecule has 0 radical (unpaired) electrons. The molecule has 1 amide bonds. The minimum absolute atomic E-state index is 0.0214. The first kappa shape index (κ1) is 37.2. The highest BCUT2D eigenvalue weighted by molar-refractivity contribution is 7.86. The Kier molecular flexibility index (Phi) is 13.2. The lowest BCUT2D eigenvalue weighted by molar-refractivity contribution is -0.159. The summed E-state index contributed by atoms with van der Waals surface area (Å²) >= 11 is 0. The van der Waals surface area contributed by atoms with Crippen LogP contribution in [0, 0.1) is 5.41 Å². The smallest absolute Gasteiger partial charge is 0.351 e. The van der Waals surface area contributed by atoms with Crippen LogP contribution in [-0.2, 0) is 35.2 Å². The van der Waals surface area contributed by atoms with Crippen LogP contribution in [0.15, 0.2) is 88.7 Å². The Bertz CT molecular complexity index is 1750. The molecular formula is C30H39N9O8S. The zero-order valence-electron chi connectivity index (χ0n) is 26.0. The van der Waals surface area contributed by atoms with E-state index in [1.807, 2.05) is 18.2 Å². The van der Waals surface area contributed by atoms with Crippen LogP contribution in [0.4, 0.5) is 11.5 Å². The Balaban J connectivity index is 0.000000294. The van der Waals surface area contributed by atoms with Crippen molar-refractivity contribution in [3.63, 3.8) is 0 Å². The quantitative estimate of drug-likeness (QED) is 0.0433. The van der Waals surface area contributed by atoms with E-state index in [0.29, 0.717) is 18.7 Å². The SMILES string of the molecule is CN(CC[C@@H](N)CC(=O)N[C@H]1C=C[C@H](n2ccc(N)nc2=O)O[C@@H]1C(=O)O)C(=N)N.Nc1ccc(S(=O)(=O)OCc2ccccc2)cc1. The van der Waals surface area contributed by atoms with E-state index in [9.17, 15) is 27.9 Å². The fraction of sp³-hybridized carbons (Fsp3) is 0.300. The molecule has 2 heterocycles. The Morgan fingerprint density at radius 2 is 1.79 bits per heavy atom. The van der Waals surface area contributed by atoms with Gasteiger partial charge >= 0.3 is 11.7 Å². The summed E-state index contributed by atoms with van der Waals surface area (Å²) in [6, 6.07) is 15.0. The number of hydrogen-bond acceptors (Lipinski definition) is 12. The second-order valence-corrected chi connectivity index (χ2v) is 12.3. The summed E-state index contributed by atoms with van der Waals surface area (Å²) in [5.74, 6) is -1.84. The van der Waals surface area contributed by atoms with Crippen LogP contribution in [0.1, 0.15) is 24.6 Å². The lowest BCUT2D eigenvalue weighted by Gasteiger charge is -2.31. The van der Waals surface area contributed by atoms with E-state index in [1.54, 1.807) is 19.2 Å². The molecule has 2 aromatic carbocycles. The van der Waals surface area contributed by atoms with Crippen molar-refractivity contribution in [2.75, 3.05) is 25.1 Å². The molecule has 0 unspecified atom stereocenters. The number of aliphatic carboxylic acids is 1. The van der Waals surface area contributed by atoms with Gasteiger partial charge in [-0.15, -0.1) is 0 Å². The largest absolute Gasteiger partial charge is 0.479 e. The molecule has 0 spiro atoms. The van der Waals surface area contributed by atoms with E-state index >= 15 is 0 Å². The minimum atomic E-state index is -3.73. The highest BCUT2D eigenvalue weighted by Gasteiger charge is 2.35. The first-order valence-electron chi connectivity index (χ1n) is 14.5. The summed E-state index contributed by atoms with van der Waals surface area (Å²) in [5.41, 5.74) is 22.8. The molecule has 0 saturated carbocycles. The number of amides is 1. The van der Waals surface area contributed by atoms with E-state index in [-0.39, 0.29) is 29.7 Å². The van der Waals surface area contributed by atoms with Gasteiger partial charge in [0.05, 0.1) is 17.5 Å². The number of nitrogens with zero attached hydrogens (tertiary/aromatic N) is 3. The Morgan fingerprint density at radius 3 is 2.40 bits per heavy atom. The van der Waals surface area contributed by atoms with Gasteiger partial charge in [0, 0.05) is 37.9 Å². The van der Waals surface area contributed by atoms with Crippen LogP contribution >= 0.6 is 0 Å². The van der Waals surface area contributed by atoms with Crippen molar-refractivity contribution in [2.45, 2.75) is 48.8 Å². The maximum atomic E-state index is 12.3. The molecule has 0 fully saturated rings. The first-order valence-corrected chi connectivity index (χ1v) is 15.9. The average Bonchev–Trinajstić information content (AvgIpc) is 3.04. The highest BCUT2D eigenvalue weighted by atomic mass is 32.2. The van der Waals surface area contributed by atoms with Crippen LogP contribution in [-0.4, -0.2) is 77.6 Å². The van der Waals surface area contributed by atoms with Crippen LogP contribution in [0.25, 0.3) is 0 Å². The van der Waals surface area contributed by atoms with Crippen LogP contribution in [0.3, 0.4) is 0 Å². The van der Waals surface area contributed by atoms with Crippen molar-refractivity contribution in [1.29, 1.82) is 5.41 Å². The number of guanidine groups is 1. The highest BCUT2D eigenvalue weighted by Crippen LogP contribution is 2.21. The number of carboxylic acids is 1. The second-order valence-electron chi connectivity index (χ2n) is 10.6. The molecule has 4 rings (SSSR count). The molecule has 0 aliphatic carbocycles. The van der Waals surface area contributed by atoms with Crippen molar-refractivity contribution in [3.8, 4) is 0 Å². The van der Waals surface area contributed by atoms with Gasteiger partial charge in [0.15, 0.2) is 18.3 Å². The third-order valence-electron chi connectivity index (χ3n) is 6.88. The molecule has 1 aliphatic heterocycles. The van der Waals surface area contributed by atoms with Crippen molar-refractivity contribution in [2.24, 2.45) is 11.5 Å². The lowest BCUT2D eigenvalue weighted by atomic mass is 10.1. The average molecular weight is 686 g/mol. The molecule has 17 nitrogen and oxygen atoms in total. The van der Waals surface area contributed by atoms with Gasteiger partial charge < -0.3 is 43.0 Å². The molecule has 3 aromatic rings. The predicted octanol–water partition coefficient (Wildman–Crippen LogP) is -0.0444. The van der Waals surface area contributed by atoms with Gasteiger partial charge in [0.1, 0.15) is 5.82 Å². The predicted molar refractivity (Wildman–Crippen MR) is 177 cm³/mol. The van der Waals surface area contributed by atoms with Crippen molar-refractivity contribution in [1.82, 2.24) is 19.8 Å². The van der Waals surface area contributed by atoms with Gasteiger partial charge in [-0.25, -0.2) is 9.59 Å². The fourth-order valence-electron chi connectivity index (χ4n) is 4.20. The molecular weight excluding hydrogens is 646 g/mol. The number of hydrogen-bond donors (Lipinski definition) is 7. The maximum Gasteiger partial charge on any atom is 0.351 e. The molecule has 4 atom stereocenters. The standard InChI is InChI=1S/C17H26N8O5.C13H13NO3S/c1-24(16(20)21)6-4-9(18)8-12(26)22-10-2-3-13(30-14(10)15(27)28)25-7-5-11(19)23-17(25)29;14-12-6-8-13(9-7-12)18(15,16)17-10-11-4-2-1-3-5-11/h2-3,5,7,9-10,13-14H,4,6,8,18H2,1H3,(H3,20,21)(H,22,26)(H,27,28)(H2,19,23,29);1-9H,10,14H2/t9-,10+,13-,14+;/m1./s1. The van der Waals surface area contributed by atoms with Crippen LogP contribution in [0.2, 0.25) is 0 Å². The summed E-state index contributed by atoms with van der Waals surface area (Å²) < 4.78 is 35.3. The molecule has 0 bridgehead atoms. The van der Waals surface area contributed by atoms with E-state index in [1.165, 1.54) is 53.6 Å². The van der Waals surface area contributed by atoms with E-state index in [2.05, 4.69) is 10.3 Å². The fourth-order valence-corrected chi connectivity index (χ4v) is 5.09. The van der Waals surface area contributed by atoms with Crippen molar-refractivity contribution in [3.05, 3.63) is 95.1 Å². The van der Waals surface area contributed by atoms with Gasteiger partial charge in [-0.05, 0) is 48.4 Å². The number of nitrogens with one attached hydrogen (secondary N) is 2. The van der Waals surface area contributed by atoms with Gasteiger partial charge in [-0.1, -0.05) is 36.4 Å². The third-order valence-corrected chi connectivity index (χ3v) is 8.16. The second kappa shape index (κ2) is 17.0. The number of rotatable bonds is 12. The minimum Gasteiger partial charge on any atom is -0.479 e. The van der Waals surface area contributed by atoms with E-state index < -0.39 is 52.1 Å². The van der Waals surface area contributed by atoms with Gasteiger partial charge in [0.25, 0.3) is 10.1 Å². The summed E-state index contributed by atoms with van der Waals surface area (Å²) in [7, 11) is -2.10. The topological polar surface area (TPSA) is 285 Å². The van der Waals surface area contributed by atoms with Crippen LogP contribution < -0.4 is 33.9 Å². The van der Waals surface area contributed by atoms with Gasteiger partial charge in [-0.3, -0.25) is 19.0 Å². The number of ether oxygens (including phenoxy) is 1. The zero-order chi connectivity index (χ0) is 35.4. The van der Waals surface area contributed by atoms with Crippen LogP contribution in [0.5, 0.6) is 0 Å². The molecule has 18 heteroatoms. The number of carbonyl (C=O) groups is 2. The Morgan fingerprint density at radius 1 is 1.12 bits per heavy atom. The normalized spacial score (nSPS) is 17.8. The number of benzene rings is 2. The number of aromatic nitrogens is 2. The molecule has 258 valence electrons. The number of anilines is 2. The van der Waals surface area contributed by atoms with Crippen molar-refractivity contribution < 1.29 is 32.0 Å². The number of carbonyl (C=O) groups excluding carboxylic acids is 1. The summed E-state index contributed by atoms with van der Waals surface area (Å²) in [6.07, 6.45) is 2.17.